The first kappa shape index (κ1) is 18.5. The summed E-state index contributed by atoms with van der Waals surface area (Å²) in [4.78, 5) is 35.0. The summed E-state index contributed by atoms with van der Waals surface area (Å²) >= 11 is 0. The van der Waals surface area contributed by atoms with Crippen LogP contribution in [0.1, 0.15) is 47.3 Å². The van der Waals surface area contributed by atoms with Gasteiger partial charge in [0.05, 0.1) is 24.4 Å². The number of aromatic nitrogens is 6. The third-order valence-corrected chi connectivity index (χ3v) is 5.72. The van der Waals surface area contributed by atoms with Crippen LogP contribution in [0, 0.1) is 13.8 Å². The lowest BCUT2D eigenvalue weighted by molar-refractivity contribution is -0.118. The number of rotatable bonds is 4. The van der Waals surface area contributed by atoms with E-state index in [1.54, 1.807) is 18.0 Å². The molecule has 2 aliphatic rings. The summed E-state index contributed by atoms with van der Waals surface area (Å²) in [5.74, 6) is 0.465. The number of fused-ring (bicyclic) bond motifs is 1. The molecule has 0 saturated heterocycles. The van der Waals surface area contributed by atoms with E-state index in [1.807, 2.05) is 27.0 Å². The average molecular weight is 403 g/mol. The van der Waals surface area contributed by atoms with Crippen LogP contribution in [0.2, 0.25) is 0 Å². The lowest BCUT2D eigenvalue weighted by atomic mass is 9.94. The SMILES string of the molecule is COc1ncnc(C2CC2)c1-c1ncc2c(n1)=NC(=O)C(c1c(C)nn(C)c1C)C=2. The molecule has 1 atom stereocenters. The number of nitrogens with zero attached hydrogens (tertiary/aromatic N) is 7. The van der Waals surface area contributed by atoms with Gasteiger partial charge in [-0.15, -0.1) is 0 Å². The fourth-order valence-corrected chi connectivity index (χ4v) is 3.99. The van der Waals surface area contributed by atoms with E-state index in [4.69, 9.17) is 4.74 Å². The Kier molecular flexibility index (Phi) is 4.19. The summed E-state index contributed by atoms with van der Waals surface area (Å²) in [5.41, 5.74) is 4.56. The zero-order chi connectivity index (χ0) is 21.0. The maximum atomic E-state index is 12.9. The monoisotopic (exact) mass is 403 g/mol. The van der Waals surface area contributed by atoms with E-state index in [9.17, 15) is 4.79 Å². The minimum absolute atomic E-state index is 0.259. The van der Waals surface area contributed by atoms with Gasteiger partial charge in [0.25, 0.3) is 5.91 Å². The topological polar surface area (TPSA) is 108 Å². The maximum absolute atomic E-state index is 12.9. The van der Waals surface area contributed by atoms with E-state index in [-0.39, 0.29) is 5.91 Å². The summed E-state index contributed by atoms with van der Waals surface area (Å²) < 4.78 is 7.22. The van der Waals surface area contributed by atoms with E-state index in [0.29, 0.717) is 28.7 Å². The molecule has 1 amide bonds. The zero-order valence-corrected chi connectivity index (χ0v) is 17.2. The third-order valence-electron chi connectivity index (χ3n) is 5.72. The van der Waals surface area contributed by atoms with Gasteiger partial charge < -0.3 is 4.74 Å². The fourth-order valence-electron chi connectivity index (χ4n) is 3.99. The van der Waals surface area contributed by atoms with Crippen LogP contribution in [0.4, 0.5) is 0 Å². The minimum atomic E-state index is -0.489. The Hall–Kier alpha value is -3.49. The number of hydrogen-bond acceptors (Lipinski definition) is 7. The first-order valence-corrected chi connectivity index (χ1v) is 9.84. The maximum Gasteiger partial charge on any atom is 0.259 e. The standard InChI is InChI=1S/C21H21N7O2/c1-10-15(11(2)28(3)27-10)14-7-13-8-22-19(25-18(13)26-20(14)29)16-17(12-5-6-12)23-9-24-21(16)30-4/h7-9,12,14H,5-6H2,1-4H3. The smallest absolute Gasteiger partial charge is 0.259 e. The van der Waals surface area contributed by atoms with Gasteiger partial charge in [-0.2, -0.15) is 10.1 Å². The molecule has 1 aliphatic heterocycles. The molecule has 0 aromatic carbocycles. The molecule has 1 fully saturated rings. The molecule has 1 aliphatic carbocycles. The Labute approximate surface area is 172 Å². The van der Waals surface area contributed by atoms with Crippen LogP contribution < -0.4 is 15.4 Å². The molecule has 152 valence electrons. The number of hydrogen-bond donors (Lipinski definition) is 0. The van der Waals surface area contributed by atoms with Crippen molar-refractivity contribution in [3.05, 3.63) is 45.9 Å². The molecule has 0 N–H and O–H groups in total. The Morgan fingerprint density at radius 3 is 2.63 bits per heavy atom. The number of amides is 1. The minimum Gasteiger partial charge on any atom is -0.480 e. The van der Waals surface area contributed by atoms with Crippen molar-refractivity contribution in [1.29, 1.82) is 0 Å². The molecule has 1 saturated carbocycles. The number of aryl methyl sites for hydroxylation is 2. The average Bonchev–Trinajstić information content (AvgIpc) is 3.54. The molecule has 30 heavy (non-hydrogen) atoms. The van der Waals surface area contributed by atoms with Gasteiger partial charge in [0.2, 0.25) is 5.88 Å². The van der Waals surface area contributed by atoms with Crippen LogP contribution in [0.5, 0.6) is 5.88 Å². The molecular formula is C21H21N7O2. The molecule has 5 rings (SSSR count). The first-order valence-electron chi connectivity index (χ1n) is 9.84. The van der Waals surface area contributed by atoms with E-state index < -0.39 is 5.92 Å². The molecule has 0 bridgehead atoms. The third kappa shape index (κ3) is 2.89. The molecule has 4 heterocycles. The van der Waals surface area contributed by atoms with Crippen LogP contribution >= 0.6 is 0 Å². The summed E-state index contributed by atoms with van der Waals surface area (Å²) in [5, 5.41) is 5.14. The second kappa shape index (κ2) is 6.79. The van der Waals surface area contributed by atoms with Crippen LogP contribution in [0.25, 0.3) is 17.5 Å². The predicted molar refractivity (Wildman–Crippen MR) is 107 cm³/mol. The summed E-state index contributed by atoms with van der Waals surface area (Å²) in [6.45, 7) is 3.85. The largest absolute Gasteiger partial charge is 0.480 e. The van der Waals surface area contributed by atoms with Crippen LogP contribution in [-0.4, -0.2) is 42.7 Å². The van der Waals surface area contributed by atoms with Gasteiger partial charge in [0.15, 0.2) is 11.3 Å². The molecule has 9 heteroatoms. The van der Waals surface area contributed by atoms with Gasteiger partial charge in [-0.1, -0.05) is 6.08 Å². The lowest BCUT2D eigenvalue weighted by Crippen LogP contribution is -2.36. The van der Waals surface area contributed by atoms with Crippen molar-refractivity contribution in [2.45, 2.75) is 38.5 Å². The molecular weight excluding hydrogens is 382 g/mol. The Balaban J connectivity index is 1.64. The number of carbonyl (C=O) groups is 1. The van der Waals surface area contributed by atoms with Crippen LogP contribution in [0.15, 0.2) is 17.5 Å². The van der Waals surface area contributed by atoms with Crippen molar-refractivity contribution in [2.75, 3.05) is 7.11 Å². The van der Waals surface area contributed by atoms with Crippen molar-refractivity contribution in [1.82, 2.24) is 29.7 Å². The molecule has 3 aromatic heterocycles. The van der Waals surface area contributed by atoms with Gasteiger partial charge in [-0.25, -0.2) is 19.9 Å². The van der Waals surface area contributed by atoms with E-state index in [1.165, 1.54) is 6.33 Å². The van der Waals surface area contributed by atoms with Gasteiger partial charge >= 0.3 is 0 Å². The molecule has 1 unspecified atom stereocenters. The van der Waals surface area contributed by atoms with Crippen molar-refractivity contribution in [2.24, 2.45) is 12.0 Å². The first-order chi connectivity index (χ1) is 14.5. The second-order valence-corrected chi connectivity index (χ2v) is 7.69. The lowest BCUT2D eigenvalue weighted by Gasteiger charge is -2.14. The summed E-state index contributed by atoms with van der Waals surface area (Å²) in [6, 6.07) is 0. The van der Waals surface area contributed by atoms with Crippen molar-refractivity contribution in [3.8, 4) is 17.3 Å². The van der Waals surface area contributed by atoms with Gasteiger partial charge in [0.1, 0.15) is 11.9 Å². The highest BCUT2D eigenvalue weighted by atomic mass is 16.5. The molecule has 0 spiro atoms. The molecule has 0 radical (unpaired) electrons. The highest BCUT2D eigenvalue weighted by Crippen LogP contribution is 2.44. The van der Waals surface area contributed by atoms with Crippen molar-refractivity contribution >= 4 is 12.0 Å². The Morgan fingerprint density at radius 2 is 1.97 bits per heavy atom. The molecule has 3 aromatic rings. The van der Waals surface area contributed by atoms with Gasteiger partial charge in [-0.3, -0.25) is 9.48 Å². The number of methoxy groups -OCH3 is 1. The van der Waals surface area contributed by atoms with Crippen molar-refractivity contribution in [3.63, 3.8) is 0 Å². The van der Waals surface area contributed by atoms with E-state index in [2.05, 4.69) is 30.0 Å². The van der Waals surface area contributed by atoms with Crippen molar-refractivity contribution < 1.29 is 9.53 Å². The zero-order valence-electron chi connectivity index (χ0n) is 17.2. The second-order valence-electron chi connectivity index (χ2n) is 7.69. The summed E-state index contributed by atoms with van der Waals surface area (Å²) in [6.07, 6.45) is 7.20. The molecule has 9 nitrogen and oxygen atoms in total. The highest BCUT2D eigenvalue weighted by molar-refractivity contribution is 5.92. The summed E-state index contributed by atoms with van der Waals surface area (Å²) in [7, 11) is 3.43. The normalized spacial score (nSPS) is 17.9. The number of ether oxygens (including phenoxy) is 1. The fraction of sp³-hybridized carbons (Fsp3) is 0.381. The number of carbonyl (C=O) groups excluding carboxylic acids is 1. The van der Waals surface area contributed by atoms with E-state index >= 15 is 0 Å². The Bertz CT molecular complexity index is 1310. The van der Waals surface area contributed by atoms with E-state index in [0.717, 1.165) is 40.7 Å². The Morgan fingerprint density at radius 1 is 1.17 bits per heavy atom. The predicted octanol–water partition coefficient (Wildman–Crippen LogP) is 0.894. The van der Waals surface area contributed by atoms with Crippen LogP contribution in [-0.2, 0) is 11.8 Å². The van der Waals surface area contributed by atoms with Gasteiger partial charge in [0, 0.05) is 35.6 Å². The van der Waals surface area contributed by atoms with Crippen LogP contribution in [0.3, 0.4) is 0 Å². The van der Waals surface area contributed by atoms with Gasteiger partial charge in [-0.05, 0) is 26.7 Å². The highest BCUT2D eigenvalue weighted by Gasteiger charge is 2.32. The quantitative estimate of drug-likeness (QED) is 0.637.